The van der Waals surface area contributed by atoms with Crippen LogP contribution in [0.5, 0.6) is 11.5 Å². The Labute approximate surface area is 332 Å². The summed E-state index contributed by atoms with van der Waals surface area (Å²) < 4.78 is 6.75. The molecular formula is C51H35BN2OS. The average molecular weight is 735 g/mol. The van der Waals surface area contributed by atoms with Crippen molar-refractivity contribution in [2.75, 3.05) is 9.71 Å². The molecule has 1 atom stereocenters. The van der Waals surface area contributed by atoms with E-state index in [0.29, 0.717) is 0 Å². The normalized spacial score (nSPS) is 15.0. The van der Waals surface area contributed by atoms with E-state index >= 15 is 0 Å². The number of ether oxygens (including phenoxy) is 1. The Balaban J connectivity index is 1.20. The minimum atomic E-state index is -0.0393. The van der Waals surface area contributed by atoms with E-state index in [-0.39, 0.29) is 12.8 Å². The first-order valence-electron chi connectivity index (χ1n) is 19.5. The number of rotatable bonds is 4. The van der Waals surface area contributed by atoms with Crippen LogP contribution in [0.3, 0.4) is 0 Å². The Kier molecular flexibility index (Phi) is 7.00. The minimum absolute atomic E-state index is 0.0393. The minimum Gasteiger partial charge on any atom is -0.455 e. The number of hydrogen-bond donors (Lipinski definition) is 0. The summed E-state index contributed by atoms with van der Waals surface area (Å²) in [5, 5.41) is 0. The molecule has 8 aromatic carbocycles. The molecule has 5 heteroatoms. The zero-order valence-electron chi connectivity index (χ0n) is 30.8. The van der Waals surface area contributed by atoms with Gasteiger partial charge in [0.2, 0.25) is 0 Å². The molecule has 3 nitrogen and oxygen atoms in total. The molecule has 4 aliphatic rings. The first-order valence-corrected chi connectivity index (χ1v) is 20.3. The highest BCUT2D eigenvalue weighted by Gasteiger charge is 2.48. The molecule has 0 saturated carbocycles. The van der Waals surface area contributed by atoms with Crippen LogP contribution in [0.4, 0.5) is 28.4 Å². The van der Waals surface area contributed by atoms with Crippen LogP contribution < -0.4 is 25.4 Å². The van der Waals surface area contributed by atoms with Gasteiger partial charge >= 0.3 is 6.85 Å². The van der Waals surface area contributed by atoms with Gasteiger partial charge in [0.25, 0.3) is 0 Å². The third-order valence-corrected chi connectivity index (χ3v) is 13.3. The second kappa shape index (κ2) is 12.3. The van der Waals surface area contributed by atoms with Crippen LogP contribution in [0.1, 0.15) is 28.2 Å². The van der Waals surface area contributed by atoms with Crippen molar-refractivity contribution < 1.29 is 4.74 Å². The number of nitrogens with zero attached hydrogens (tertiary/aromatic N) is 2. The lowest BCUT2D eigenvalue weighted by Crippen LogP contribution is -2.62. The van der Waals surface area contributed by atoms with E-state index in [0.717, 1.165) is 50.5 Å². The van der Waals surface area contributed by atoms with Gasteiger partial charge in [-0.2, -0.15) is 0 Å². The molecule has 0 N–H and O–H groups in total. The lowest BCUT2D eigenvalue weighted by atomic mass is 9.39. The molecule has 0 bridgehead atoms. The Hall–Kier alpha value is -6.43. The molecule has 0 aromatic heterocycles. The van der Waals surface area contributed by atoms with Gasteiger partial charge in [0.15, 0.2) is 0 Å². The predicted molar refractivity (Wildman–Crippen MR) is 233 cm³/mol. The number of benzene rings is 8. The van der Waals surface area contributed by atoms with Gasteiger partial charge in [-0.3, -0.25) is 0 Å². The molecule has 0 radical (unpaired) electrons. The van der Waals surface area contributed by atoms with E-state index in [1.807, 2.05) is 0 Å². The van der Waals surface area contributed by atoms with Gasteiger partial charge in [-0.1, -0.05) is 121 Å². The molecule has 8 aromatic rings. The second-order valence-electron chi connectivity index (χ2n) is 15.3. The zero-order chi connectivity index (χ0) is 36.9. The summed E-state index contributed by atoms with van der Waals surface area (Å²) in [7, 11) is 0. The van der Waals surface area contributed by atoms with E-state index in [1.54, 1.807) is 11.8 Å². The second-order valence-corrected chi connectivity index (χ2v) is 16.3. The highest BCUT2D eigenvalue weighted by atomic mass is 32.2. The number of para-hydroxylation sites is 4. The van der Waals surface area contributed by atoms with E-state index < -0.39 is 0 Å². The largest absolute Gasteiger partial charge is 0.455 e. The highest BCUT2D eigenvalue weighted by molar-refractivity contribution is 7.99. The van der Waals surface area contributed by atoms with Crippen molar-refractivity contribution in [2.24, 2.45) is 0 Å². The van der Waals surface area contributed by atoms with Crippen LogP contribution in [-0.2, 0) is 6.42 Å². The van der Waals surface area contributed by atoms with Crippen molar-refractivity contribution in [1.82, 2.24) is 0 Å². The molecular weight excluding hydrogens is 699 g/mol. The highest BCUT2D eigenvalue weighted by Crippen LogP contribution is 2.55. The van der Waals surface area contributed by atoms with Gasteiger partial charge in [0, 0.05) is 46.0 Å². The molecule has 264 valence electrons. The summed E-state index contributed by atoms with van der Waals surface area (Å²) in [6, 6.07) is 64.7. The van der Waals surface area contributed by atoms with Crippen molar-refractivity contribution in [3.63, 3.8) is 0 Å². The summed E-state index contributed by atoms with van der Waals surface area (Å²) >= 11 is 1.80. The number of hydrogen-bond acceptors (Lipinski definition) is 4. The first kappa shape index (κ1) is 31.9. The van der Waals surface area contributed by atoms with Crippen LogP contribution in [0.15, 0.2) is 186 Å². The lowest BCUT2D eigenvalue weighted by Gasteiger charge is -2.47. The van der Waals surface area contributed by atoms with Crippen LogP contribution in [-0.4, -0.2) is 6.85 Å². The third kappa shape index (κ3) is 4.68. The molecule has 56 heavy (non-hydrogen) atoms. The quantitative estimate of drug-likeness (QED) is 0.167. The zero-order valence-corrected chi connectivity index (χ0v) is 31.6. The van der Waals surface area contributed by atoms with E-state index in [9.17, 15) is 0 Å². The molecule has 1 aliphatic carbocycles. The maximum Gasteiger partial charge on any atom is 0.329 e. The van der Waals surface area contributed by atoms with Crippen molar-refractivity contribution in [3.05, 3.63) is 198 Å². The summed E-state index contributed by atoms with van der Waals surface area (Å²) in [6.45, 7) is 2.21. The molecule has 0 saturated heterocycles. The molecule has 0 amide bonds. The standard InChI is InChI=1S/C51H35BN2OS/c1-32-15-8-11-24-44(32)54-45-31-47-49(56-48-26-13-12-25-46(48)55-47)30-39(45)41-28-36(53(34-17-4-2-5-18-34)35-19-6-3-7-20-35)29-42-40-27-33-16-9-10-21-37(33)38-22-14-23-43(50(38)40)52(54)51(41)42/h2-26,28-31,40H,27H2,1H3. The van der Waals surface area contributed by atoms with Crippen molar-refractivity contribution in [2.45, 2.75) is 29.1 Å². The smallest absolute Gasteiger partial charge is 0.329 e. The van der Waals surface area contributed by atoms with Gasteiger partial charge in [-0.15, -0.1) is 0 Å². The van der Waals surface area contributed by atoms with Gasteiger partial charge in [0.05, 0.1) is 9.79 Å². The summed E-state index contributed by atoms with van der Waals surface area (Å²) in [5.41, 5.74) is 19.4. The Morgan fingerprint density at radius 3 is 2.11 bits per heavy atom. The Morgan fingerprint density at radius 1 is 0.571 bits per heavy atom. The Morgan fingerprint density at radius 2 is 1.29 bits per heavy atom. The predicted octanol–water partition coefficient (Wildman–Crippen LogP) is 12.3. The van der Waals surface area contributed by atoms with Crippen molar-refractivity contribution >= 4 is 58.0 Å². The summed E-state index contributed by atoms with van der Waals surface area (Å²) in [5.74, 6) is 2.02. The van der Waals surface area contributed by atoms with Crippen LogP contribution in [0.2, 0.25) is 0 Å². The maximum absolute atomic E-state index is 6.75. The van der Waals surface area contributed by atoms with Crippen LogP contribution >= 0.6 is 11.8 Å². The van der Waals surface area contributed by atoms with Crippen LogP contribution in [0.25, 0.3) is 22.3 Å². The van der Waals surface area contributed by atoms with E-state index in [2.05, 4.69) is 193 Å². The number of anilines is 5. The van der Waals surface area contributed by atoms with Gasteiger partial charge in [-0.25, -0.2) is 0 Å². The molecule has 12 rings (SSSR count). The lowest BCUT2D eigenvalue weighted by molar-refractivity contribution is 0.455. The monoisotopic (exact) mass is 734 g/mol. The van der Waals surface area contributed by atoms with Crippen molar-refractivity contribution in [3.8, 4) is 33.8 Å². The average Bonchev–Trinajstić information content (AvgIpc) is 3.25. The van der Waals surface area contributed by atoms with Crippen molar-refractivity contribution in [1.29, 1.82) is 0 Å². The summed E-state index contributed by atoms with van der Waals surface area (Å²) in [6.07, 6.45) is 0.960. The first-order chi connectivity index (χ1) is 27.7. The van der Waals surface area contributed by atoms with Gasteiger partial charge in [-0.05, 0) is 124 Å². The maximum atomic E-state index is 6.75. The molecule has 3 aliphatic heterocycles. The van der Waals surface area contributed by atoms with E-state index in [1.165, 1.54) is 61.1 Å². The third-order valence-electron chi connectivity index (χ3n) is 12.2. The number of aryl methyl sites for hydroxylation is 1. The molecule has 1 unspecified atom stereocenters. The number of fused-ring (bicyclic) bond motifs is 8. The van der Waals surface area contributed by atoms with Gasteiger partial charge < -0.3 is 14.4 Å². The summed E-state index contributed by atoms with van der Waals surface area (Å²) in [4.78, 5) is 7.34. The SMILES string of the molecule is Cc1ccccc1N1B2c3cccc4c3C(Cc3ccccc3-4)c3cc(N(c4ccccc4)c4ccccc4)cc(c32)-c2cc3c(cc21)Oc1ccccc1S3. The van der Waals surface area contributed by atoms with Gasteiger partial charge in [0.1, 0.15) is 11.5 Å². The fourth-order valence-corrected chi connectivity index (χ4v) is 10.8. The fourth-order valence-electron chi connectivity index (χ4n) is 9.85. The van der Waals surface area contributed by atoms with Crippen LogP contribution in [0, 0.1) is 6.92 Å². The fraction of sp³-hybridized carbons (Fsp3) is 0.0588. The topological polar surface area (TPSA) is 15.7 Å². The molecule has 0 spiro atoms. The molecule has 3 heterocycles. The van der Waals surface area contributed by atoms with E-state index in [4.69, 9.17) is 4.74 Å². The molecule has 0 fully saturated rings. The Bertz CT molecular complexity index is 2850.